The SMILES string of the molecule is C[C@@H](Sc1nncn1-c1ccccc1F)C(=O)Nc1sc2c(c1C#N)CCCCC2. The molecule has 2 heterocycles. The Morgan fingerprint density at radius 1 is 1.33 bits per heavy atom. The zero-order valence-electron chi connectivity index (χ0n) is 16.4. The van der Waals surface area contributed by atoms with Crippen LogP contribution in [0.15, 0.2) is 35.7 Å². The molecule has 0 spiro atoms. The fourth-order valence-electron chi connectivity index (χ4n) is 3.49. The van der Waals surface area contributed by atoms with Crippen molar-refractivity contribution in [3.05, 3.63) is 52.4 Å². The maximum atomic E-state index is 14.1. The molecule has 1 aliphatic rings. The van der Waals surface area contributed by atoms with E-state index >= 15 is 0 Å². The first-order chi connectivity index (χ1) is 14.6. The molecule has 0 saturated carbocycles. The molecule has 1 amide bonds. The summed E-state index contributed by atoms with van der Waals surface area (Å²) in [5.41, 5.74) is 2.01. The van der Waals surface area contributed by atoms with Crippen molar-refractivity contribution in [3.63, 3.8) is 0 Å². The van der Waals surface area contributed by atoms with E-state index in [1.165, 1.54) is 51.4 Å². The van der Waals surface area contributed by atoms with Crippen LogP contribution in [-0.4, -0.2) is 25.9 Å². The molecule has 1 N–H and O–H groups in total. The third-order valence-corrected chi connectivity index (χ3v) is 7.31. The largest absolute Gasteiger partial charge is 0.316 e. The summed E-state index contributed by atoms with van der Waals surface area (Å²) in [5, 5.41) is 21.0. The fourth-order valence-corrected chi connectivity index (χ4v) is 5.57. The molecular weight excluding hydrogens is 421 g/mol. The van der Waals surface area contributed by atoms with Crippen LogP contribution in [0.1, 0.15) is 42.2 Å². The Morgan fingerprint density at radius 2 is 2.13 bits per heavy atom. The average molecular weight is 442 g/mol. The minimum Gasteiger partial charge on any atom is -0.316 e. The summed E-state index contributed by atoms with van der Waals surface area (Å²) < 4.78 is 15.7. The van der Waals surface area contributed by atoms with E-state index in [0.29, 0.717) is 21.4 Å². The maximum absolute atomic E-state index is 14.1. The van der Waals surface area contributed by atoms with E-state index in [1.54, 1.807) is 25.1 Å². The van der Waals surface area contributed by atoms with E-state index in [1.807, 2.05) is 0 Å². The van der Waals surface area contributed by atoms with E-state index in [-0.39, 0.29) is 5.91 Å². The number of benzene rings is 1. The second kappa shape index (κ2) is 8.98. The van der Waals surface area contributed by atoms with Gasteiger partial charge in [-0.3, -0.25) is 9.36 Å². The van der Waals surface area contributed by atoms with Gasteiger partial charge in [-0.05, 0) is 50.3 Å². The summed E-state index contributed by atoms with van der Waals surface area (Å²) in [4.78, 5) is 14.0. The quantitative estimate of drug-likeness (QED) is 0.457. The maximum Gasteiger partial charge on any atom is 0.238 e. The molecule has 0 aliphatic heterocycles. The van der Waals surface area contributed by atoms with Gasteiger partial charge < -0.3 is 5.32 Å². The number of aryl methyl sites for hydroxylation is 1. The number of nitrogens with zero attached hydrogens (tertiary/aromatic N) is 4. The number of amides is 1. The van der Waals surface area contributed by atoms with Crippen molar-refractivity contribution in [3.8, 4) is 11.8 Å². The number of fused-ring (bicyclic) bond motifs is 1. The third kappa shape index (κ3) is 4.11. The van der Waals surface area contributed by atoms with Gasteiger partial charge in [0.05, 0.1) is 16.5 Å². The lowest BCUT2D eigenvalue weighted by Gasteiger charge is -2.12. The van der Waals surface area contributed by atoms with Gasteiger partial charge in [0.2, 0.25) is 5.91 Å². The van der Waals surface area contributed by atoms with Crippen LogP contribution >= 0.6 is 23.1 Å². The molecule has 0 fully saturated rings. The number of halogens is 1. The van der Waals surface area contributed by atoms with Gasteiger partial charge >= 0.3 is 0 Å². The van der Waals surface area contributed by atoms with Gasteiger partial charge in [-0.2, -0.15) is 5.26 Å². The first kappa shape index (κ1) is 20.6. The number of para-hydroxylation sites is 1. The Bertz CT molecular complexity index is 1120. The van der Waals surface area contributed by atoms with E-state index in [0.717, 1.165) is 31.2 Å². The molecule has 1 aromatic carbocycles. The number of thiophene rings is 1. The average Bonchev–Trinajstić information content (AvgIpc) is 3.24. The number of aromatic nitrogens is 3. The molecule has 154 valence electrons. The van der Waals surface area contributed by atoms with E-state index in [2.05, 4.69) is 21.6 Å². The summed E-state index contributed by atoms with van der Waals surface area (Å²) in [6.07, 6.45) is 6.63. The normalized spacial score (nSPS) is 14.4. The predicted octanol–water partition coefficient (Wildman–Crippen LogP) is 4.73. The molecular formula is C21H20FN5OS2. The molecule has 30 heavy (non-hydrogen) atoms. The van der Waals surface area contributed by atoms with Crippen molar-refractivity contribution < 1.29 is 9.18 Å². The van der Waals surface area contributed by atoms with Crippen molar-refractivity contribution in [2.45, 2.75) is 49.4 Å². The number of carbonyl (C=O) groups is 1. The highest BCUT2D eigenvalue weighted by Crippen LogP contribution is 2.37. The van der Waals surface area contributed by atoms with Crippen LogP contribution in [0, 0.1) is 17.1 Å². The standard InChI is InChI=1S/C21H20FN5OS2/c1-13(29-21-26-24-12-27(21)17-9-6-5-8-16(17)22)19(28)25-20-15(11-23)14-7-3-2-4-10-18(14)30-20/h5-6,8-9,12-13H,2-4,7,10H2,1H3,(H,25,28)/t13-/m1/s1. The number of anilines is 1. The van der Waals surface area contributed by atoms with Gasteiger partial charge in [-0.25, -0.2) is 4.39 Å². The molecule has 0 radical (unpaired) electrons. The summed E-state index contributed by atoms with van der Waals surface area (Å²) in [6, 6.07) is 8.62. The Hall–Kier alpha value is -2.70. The molecule has 3 aromatic rings. The van der Waals surface area contributed by atoms with Gasteiger partial charge in [0.25, 0.3) is 0 Å². The Labute approximate surface area is 182 Å². The summed E-state index contributed by atoms with van der Waals surface area (Å²) in [5.74, 6) is -0.619. The first-order valence-electron chi connectivity index (χ1n) is 9.75. The second-order valence-electron chi connectivity index (χ2n) is 7.06. The molecule has 9 heteroatoms. The van der Waals surface area contributed by atoms with Gasteiger partial charge in [0.15, 0.2) is 5.16 Å². The van der Waals surface area contributed by atoms with Crippen LogP contribution in [0.3, 0.4) is 0 Å². The van der Waals surface area contributed by atoms with Crippen LogP contribution < -0.4 is 5.32 Å². The van der Waals surface area contributed by atoms with Crippen molar-refractivity contribution in [2.75, 3.05) is 5.32 Å². The van der Waals surface area contributed by atoms with E-state index in [4.69, 9.17) is 0 Å². The van der Waals surface area contributed by atoms with E-state index in [9.17, 15) is 14.4 Å². The van der Waals surface area contributed by atoms with Crippen LogP contribution in [0.2, 0.25) is 0 Å². The zero-order valence-corrected chi connectivity index (χ0v) is 18.0. The lowest BCUT2D eigenvalue weighted by molar-refractivity contribution is -0.115. The minimum atomic E-state index is -0.506. The summed E-state index contributed by atoms with van der Waals surface area (Å²) >= 11 is 2.70. The summed E-state index contributed by atoms with van der Waals surface area (Å²) in [6.45, 7) is 1.75. The number of nitrogens with one attached hydrogen (secondary N) is 1. The lowest BCUT2D eigenvalue weighted by atomic mass is 10.1. The van der Waals surface area contributed by atoms with Crippen LogP contribution in [0.25, 0.3) is 5.69 Å². The number of nitriles is 1. The van der Waals surface area contributed by atoms with E-state index < -0.39 is 11.1 Å². The third-order valence-electron chi connectivity index (χ3n) is 5.05. The highest BCUT2D eigenvalue weighted by atomic mass is 32.2. The van der Waals surface area contributed by atoms with Crippen molar-refractivity contribution >= 4 is 34.0 Å². The zero-order chi connectivity index (χ0) is 21.1. The molecule has 1 atom stereocenters. The summed E-state index contributed by atoms with van der Waals surface area (Å²) in [7, 11) is 0. The molecule has 0 saturated heterocycles. The van der Waals surface area contributed by atoms with Gasteiger partial charge in [0.1, 0.15) is 23.2 Å². The van der Waals surface area contributed by atoms with Crippen LogP contribution in [0.5, 0.6) is 0 Å². The number of thioether (sulfide) groups is 1. The molecule has 2 aromatic heterocycles. The monoisotopic (exact) mass is 441 g/mol. The molecule has 1 aliphatic carbocycles. The van der Waals surface area contributed by atoms with Gasteiger partial charge in [-0.15, -0.1) is 21.5 Å². The smallest absolute Gasteiger partial charge is 0.238 e. The number of hydrogen-bond acceptors (Lipinski definition) is 6. The molecule has 4 rings (SSSR count). The number of hydrogen-bond donors (Lipinski definition) is 1. The van der Waals surface area contributed by atoms with Crippen molar-refractivity contribution in [1.82, 2.24) is 14.8 Å². The van der Waals surface area contributed by atoms with Crippen LogP contribution in [-0.2, 0) is 17.6 Å². The molecule has 0 bridgehead atoms. The molecule has 0 unspecified atom stereocenters. The number of carbonyl (C=O) groups excluding carboxylic acids is 1. The van der Waals surface area contributed by atoms with Crippen LogP contribution in [0.4, 0.5) is 9.39 Å². The highest BCUT2D eigenvalue weighted by molar-refractivity contribution is 8.00. The predicted molar refractivity (Wildman–Crippen MR) is 116 cm³/mol. The Balaban J connectivity index is 1.51. The van der Waals surface area contributed by atoms with Crippen molar-refractivity contribution in [2.24, 2.45) is 0 Å². The van der Waals surface area contributed by atoms with Gasteiger partial charge in [-0.1, -0.05) is 30.3 Å². The lowest BCUT2D eigenvalue weighted by Crippen LogP contribution is -2.22. The first-order valence-corrected chi connectivity index (χ1v) is 11.4. The Morgan fingerprint density at radius 3 is 2.93 bits per heavy atom. The van der Waals surface area contributed by atoms with Gasteiger partial charge in [0, 0.05) is 4.88 Å². The molecule has 6 nitrogen and oxygen atoms in total. The Kier molecular flexibility index (Phi) is 6.16. The second-order valence-corrected chi connectivity index (χ2v) is 9.48. The minimum absolute atomic E-state index is 0.226. The highest BCUT2D eigenvalue weighted by Gasteiger charge is 2.24. The fraction of sp³-hybridized carbons (Fsp3) is 0.333. The van der Waals surface area contributed by atoms with Crippen molar-refractivity contribution in [1.29, 1.82) is 5.26 Å². The topological polar surface area (TPSA) is 83.6 Å². The number of rotatable bonds is 5.